The van der Waals surface area contributed by atoms with Gasteiger partial charge in [-0.3, -0.25) is 0 Å². The van der Waals surface area contributed by atoms with Crippen LogP contribution in [0, 0.1) is 0 Å². The first-order valence-corrected chi connectivity index (χ1v) is 7.15. The Morgan fingerprint density at radius 1 is 1.26 bits per heavy atom. The van der Waals surface area contributed by atoms with Gasteiger partial charge in [-0.05, 0) is 24.6 Å². The van der Waals surface area contributed by atoms with Crippen LogP contribution in [0.25, 0.3) is 0 Å². The van der Waals surface area contributed by atoms with Crippen molar-refractivity contribution in [2.24, 2.45) is 0 Å². The standard InChI is InChI=1S/C14H22BrNO3/c1-11(9-18-2)19-10-14(17)8-16-7-12-3-5-13(15)6-4-12/h3-6,11,14,16-17H,7-10H2,1-2H3. The molecule has 2 atom stereocenters. The van der Waals surface area contributed by atoms with Crippen molar-refractivity contribution in [1.29, 1.82) is 0 Å². The summed E-state index contributed by atoms with van der Waals surface area (Å²) in [5.41, 5.74) is 1.18. The first kappa shape index (κ1) is 16.6. The molecule has 0 aliphatic carbocycles. The Kier molecular flexibility index (Phi) is 8.25. The first-order chi connectivity index (χ1) is 9.11. The lowest BCUT2D eigenvalue weighted by molar-refractivity contribution is -0.0311. The fourth-order valence-corrected chi connectivity index (χ4v) is 1.87. The molecule has 19 heavy (non-hydrogen) atoms. The summed E-state index contributed by atoms with van der Waals surface area (Å²) in [6, 6.07) is 8.09. The van der Waals surface area contributed by atoms with Crippen molar-refractivity contribution in [2.75, 3.05) is 26.9 Å². The summed E-state index contributed by atoms with van der Waals surface area (Å²) in [5.74, 6) is 0. The molecule has 0 aliphatic rings. The van der Waals surface area contributed by atoms with Crippen LogP contribution < -0.4 is 5.32 Å². The third-order valence-corrected chi connectivity index (χ3v) is 3.13. The topological polar surface area (TPSA) is 50.7 Å². The average molecular weight is 332 g/mol. The van der Waals surface area contributed by atoms with Crippen LogP contribution in [-0.4, -0.2) is 44.2 Å². The van der Waals surface area contributed by atoms with Gasteiger partial charge in [-0.2, -0.15) is 0 Å². The predicted molar refractivity (Wildman–Crippen MR) is 79.1 cm³/mol. The summed E-state index contributed by atoms with van der Waals surface area (Å²) in [5, 5.41) is 13.0. The highest BCUT2D eigenvalue weighted by molar-refractivity contribution is 9.10. The molecule has 0 saturated carbocycles. The van der Waals surface area contributed by atoms with Crippen molar-refractivity contribution in [3.63, 3.8) is 0 Å². The largest absolute Gasteiger partial charge is 0.389 e. The van der Waals surface area contributed by atoms with Crippen molar-refractivity contribution >= 4 is 15.9 Å². The molecule has 0 spiro atoms. The zero-order valence-corrected chi connectivity index (χ0v) is 13.0. The Hall–Kier alpha value is -0.460. The average Bonchev–Trinajstić information content (AvgIpc) is 2.39. The van der Waals surface area contributed by atoms with Crippen LogP contribution >= 0.6 is 15.9 Å². The summed E-state index contributed by atoms with van der Waals surface area (Å²) in [6.07, 6.45) is -0.499. The number of aliphatic hydroxyl groups is 1. The van der Waals surface area contributed by atoms with Gasteiger partial charge in [-0.1, -0.05) is 28.1 Å². The number of hydrogen-bond acceptors (Lipinski definition) is 4. The molecule has 108 valence electrons. The minimum atomic E-state index is -0.505. The first-order valence-electron chi connectivity index (χ1n) is 6.35. The van der Waals surface area contributed by atoms with Crippen LogP contribution in [-0.2, 0) is 16.0 Å². The zero-order chi connectivity index (χ0) is 14.1. The Morgan fingerprint density at radius 3 is 2.58 bits per heavy atom. The van der Waals surface area contributed by atoms with E-state index < -0.39 is 6.10 Å². The fourth-order valence-electron chi connectivity index (χ4n) is 1.60. The van der Waals surface area contributed by atoms with E-state index in [-0.39, 0.29) is 6.10 Å². The maximum atomic E-state index is 9.75. The summed E-state index contributed by atoms with van der Waals surface area (Å²) >= 11 is 3.40. The minimum Gasteiger partial charge on any atom is -0.389 e. The highest BCUT2D eigenvalue weighted by atomic mass is 79.9. The lowest BCUT2D eigenvalue weighted by atomic mass is 10.2. The molecular weight excluding hydrogens is 310 g/mol. The number of nitrogens with one attached hydrogen (secondary N) is 1. The Morgan fingerprint density at radius 2 is 1.95 bits per heavy atom. The lowest BCUT2D eigenvalue weighted by Gasteiger charge is -2.16. The van der Waals surface area contributed by atoms with E-state index >= 15 is 0 Å². The van der Waals surface area contributed by atoms with Gasteiger partial charge in [-0.25, -0.2) is 0 Å². The highest BCUT2D eigenvalue weighted by Gasteiger charge is 2.07. The van der Waals surface area contributed by atoms with Gasteiger partial charge in [0, 0.05) is 24.7 Å². The number of methoxy groups -OCH3 is 1. The molecule has 1 aromatic rings. The van der Waals surface area contributed by atoms with Crippen LogP contribution in [0.4, 0.5) is 0 Å². The smallest absolute Gasteiger partial charge is 0.0897 e. The summed E-state index contributed by atoms with van der Waals surface area (Å²) in [4.78, 5) is 0. The Bertz CT molecular complexity index is 345. The Labute approximate surface area is 123 Å². The van der Waals surface area contributed by atoms with Gasteiger partial charge in [0.05, 0.1) is 25.4 Å². The van der Waals surface area contributed by atoms with Gasteiger partial charge in [0.2, 0.25) is 0 Å². The normalized spacial score (nSPS) is 14.3. The summed E-state index contributed by atoms with van der Waals surface area (Å²) in [7, 11) is 1.63. The van der Waals surface area contributed by atoms with Crippen LogP contribution in [0.5, 0.6) is 0 Å². The fraction of sp³-hybridized carbons (Fsp3) is 0.571. The monoisotopic (exact) mass is 331 g/mol. The molecule has 2 N–H and O–H groups in total. The summed E-state index contributed by atoms with van der Waals surface area (Å²) < 4.78 is 11.5. The molecule has 0 fully saturated rings. The molecule has 4 nitrogen and oxygen atoms in total. The van der Waals surface area contributed by atoms with Gasteiger partial charge in [0.1, 0.15) is 0 Å². The van der Waals surface area contributed by atoms with Gasteiger partial charge in [-0.15, -0.1) is 0 Å². The second-order valence-electron chi connectivity index (χ2n) is 4.51. The number of rotatable bonds is 9. The molecular formula is C14H22BrNO3. The number of halogens is 1. The molecule has 0 saturated heterocycles. The van der Waals surface area contributed by atoms with E-state index in [1.54, 1.807) is 7.11 Å². The van der Waals surface area contributed by atoms with Crippen molar-refractivity contribution < 1.29 is 14.6 Å². The van der Waals surface area contributed by atoms with Crippen molar-refractivity contribution in [3.8, 4) is 0 Å². The quantitative estimate of drug-likeness (QED) is 0.726. The maximum Gasteiger partial charge on any atom is 0.0897 e. The van der Waals surface area contributed by atoms with Gasteiger partial charge >= 0.3 is 0 Å². The minimum absolute atomic E-state index is 0.00567. The van der Waals surface area contributed by atoms with E-state index in [2.05, 4.69) is 21.2 Å². The number of aliphatic hydroxyl groups excluding tert-OH is 1. The van der Waals surface area contributed by atoms with Crippen LogP contribution in [0.1, 0.15) is 12.5 Å². The van der Waals surface area contributed by atoms with Gasteiger partial charge < -0.3 is 19.9 Å². The number of hydrogen-bond donors (Lipinski definition) is 2. The third kappa shape index (κ3) is 7.64. The molecule has 5 heteroatoms. The SMILES string of the molecule is COCC(C)OCC(O)CNCc1ccc(Br)cc1. The molecule has 0 heterocycles. The van der Waals surface area contributed by atoms with E-state index in [4.69, 9.17) is 9.47 Å². The molecule has 0 aliphatic heterocycles. The van der Waals surface area contributed by atoms with Crippen LogP contribution in [0.3, 0.4) is 0 Å². The van der Waals surface area contributed by atoms with E-state index in [1.165, 1.54) is 5.56 Å². The van der Waals surface area contributed by atoms with Crippen molar-refractivity contribution in [1.82, 2.24) is 5.32 Å². The molecule has 2 unspecified atom stereocenters. The Balaban J connectivity index is 2.13. The predicted octanol–water partition coefficient (Wildman–Crippen LogP) is 1.95. The molecule has 1 aromatic carbocycles. The zero-order valence-electron chi connectivity index (χ0n) is 11.4. The second kappa shape index (κ2) is 9.44. The molecule has 0 bridgehead atoms. The third-order valence-electron chi connectivity index (χ3n) is 2.60. The molecule has 0 aromatic heterocycles. The van der Waals surface area contributed by atoms with E-state index in [0.29, 0.717) is 19.8 Å². The summed E-state index contributed by atoms with van der Waals surface area (Å²) in [6.45, 7) is 4.02. The number of ether oxygens (including phenoxy) is 2. The lowest BCUT2D eigenvalue weighted by Crippen LogP contribution is -2.32. The molecule has 0 radical (unpaired) electrons. The van der Waals surface area contributed by atoms with E-state index in [9.17, 15) is 5.11 Å². The van der Waals surface area contributed by atoms with Crippen molar-refractivity contribution in [2.45, 2.75) is 25.7 Å². The van der Waals surface area contributed by atoms with Crippen LogP contribution in [0.2, 0.25) is 0 Å². The van der Waals surface area contributed by atoms with E-state index in [0.717, 1.165) is 11.0 Å². The number of benzene rings is 1. The highest BCUT2D eigenvalue weighted by Crippen LogP contribution is 2.10. The van der Waals surface area contributed by atoms with Gasteiger partial charge in [0.15, 0.2) is 0 Å². The second-order valence-corrected chi connectivity index (χ2v) is 5.43. The van der Waals surface area contributed by atoms with Gasteiger partial charge in [0.25, 0.3) is 0 Å². The van der Waals surface area contributed by atoms with Crippen LogP contribution in [0.15, 0.2) is 28.7 Å². The molecule has 1 rings (SSSR count). The maximum absolute atomic E-state index is 9.75. The molecule has 0 amide bonds. The van der Waals surface area contributed by atoms with E-state index in [1.807, 2.05) is 31.2 Å². The van der Waals surface area contributed by atoms with Crippen molar-refractivity contribution in [3.05, 3.63) is 34.3 Å².